The van der Waals surface area contributed by atoms with Gasteiger partial charge in [-0.1, -0.05) is 12.1 Å². The van der Waals surface area contributed by atoms with Crippen molar-refractivity contribution in [2.45, 2.75) is 13.3 Å². The Kier molecular flexibility index (Phi) is 6.72. The molecule has 4 heteroatoms. The minimum absolute atomic E-state index is 0.184. The molecule has 1 aromatic carbocycles. The van der Waals surface area contributed by atoms with E-state index in [1.165, 1.54) is 18.2 Å². The lowest BCUT2D eigenvalue weighted by molar-refractivity contribution is -0.116. The first kappa shape index (κ1) is 14.4. The molecule has 1 N–H and O–H groups in total. The summed E-state index contributed by atoms with van der Waals surface area (Å²) in [5, 5.41) is 2.73. The van der Waals surface area contributed by atoms with E-state index in [0.29, 0.717) is 25.3 Å². The number of carbonyl (C=O) groups is 1. The third-order valence-corrected chi connectivity index (χ3v) is 2.24. The van der Waals surface area contributed by atoms with E-state index in [1.807, 2.05) is 6.92 Å². The number of amides is 1. The molecular formula is C14H18FNO2. The molecule has 0 atom stereocenters. The number of benzene rings is 1. The minimum atomic E-state index is -0.311. The fourth-order valence-electron chi connectivity index (χ4n) is 1.37. The van der Waals surface area contributed by atoms with Gasteiger partial charge in [-0.25, -0.2) is 4.39 Å². The molecule has 1 amide bonds. The van der Waals surface area contributed by atoms with E-state index < -0.39 is 0 Å². The van der Waals surface area contributed by atoms with Crippen LogP contribution in [0.2, 0.25) is 0 Å². The van der Waals surface area contributed by atoms with Gasteiger partial charge in [-0.2, -0.15) is 0 Å². The Balaban J connectivity index is 2.27. The molecule has 0 heterocycles. The van der Waals surface area contributed by atoms with E-state index in [4.69, 9.17) is 4.74 Å². The largest absolute Gasteiger partial charge is 0.382 e. The fourth-order valence-corrected chi connectivity index (χ4v) is 1.37. The van der Waals surface area contributed by atoms with Crippen LogP contribution in [0.1, 0.15) is 18.9 Å². The zero-order valence-electron chi connectivity index (χ0n) is 10.5. The zero-order chi connectivity index (χ0) is 13.2. The summed E-state index contributed by atoms with van der Waals surface area (Å²) in [6.07, 6.45) is 3.77. The molecule has 1 aromatic rings. The quantitative estimate of drug-likeness (QED) is 0.597. The smallest absolute Gasteiger partial charge is 0.244 e. The SMILES string of the molecule is CCOCCCNC(=O)/C=C/c1cccc(F)c1. The van der Waals surface area contributed by atoms with Gasteiger partial charge in [0.1, 0.15) is 5.82 Å². The summed E-state index contributed by atoms with van der Waals surface area (Å²) in [5.74, 6) is -0.495. The number of hydrogen-bond donors (Lipinski definition) is 1. The minimum Gasteiger partial charge on any atom is -0.382 e. The Hall–Kier alpha value is -1.68. The maximum absolute atomic E-state index is 12.9. The molecule has 0 aliphatic rings. The van der Waals surface area contributed by atoms with Crippen LogP contribution in [0.4, 0.5) is 4.39 Å². The zero-order valence-corrected chi connectivity index (χ0v) is 10.5. The molecule has 18 heavy (non-hydrogen) atoms. The van der Waals surface area contributed by atoms with Gasteiger partial charge in [0.25, 0.3) is 0 Å². The Bertz CT molecular complexity index is 405. The molecule has 0 unspecified atom stereocenters. The maximum atomic E-state index is 12.9. The third kappa shape index (κ3) is 6.15. The van der Waals surface area contributed by atoms with Gasteiger partial charge in [0.05, 0.1) is 0 Å². The van der Waals surface area contributed by atoms with Crippen LogP contribution in [0.15, 0.2) is 30.3 Å². The van der Waals surface area contributed by atoms with Crippen molar-refractivity contribution in [3.63, 3.8) is 0 Å². The van der Waals surface area contributed by atoms with Crippen LogP contribution in [0.5, 0.6) is 0 Å². The van der Waals surface area contributed by atoms with E-state index in [0.717, 1.165) is 6.42 Å². The van der Waals surface area contributed by atoms with Crippen LogP contribution in [0.3, 0.4) is 0 Å². The first-order valence-corrected chi connectivity index (χ1v) is 6.01. The highest BCUT2D eigenvalue weighted by molar-refractivity contribution is 5.91. The Morgan fingerprint density at radius 2 is 2.33 bits per heavy atom. The van der Waals surface area contributed by atoms with Gasteiger partial charge in [-0.15, -0.1) is 0 Å². The molecule has 0 bridgehead atoms. The average Bonchev–Trinajstić information content (AvgIpc) is 2.36. The second-order valence-electron chi connectivity index (χ2n) is 3.73. The molecular weight excluding hydrogens is 233 g/mol. The highest BCUT2D eigenvalue weighted by Gasteiger charge is 1.95. The second kappa shape index (κ2) is 8.42. The lowest BCUT2D eigenvalue weighted by Gasteiger charge is -2.02. The van der Waals surface area contributed by atoms with Crippen molar-refractivity contribution in [3.8, 4) is 0 Å². The molecule has 0 radical (unpaired) electrons. The van der Waals surface area contributed by atoms with E-state index in [-0.39, 0.29) is 11.7 Å². The van der Waals surface area contributed by atoms with E-state index in [2.05, 4.69) is 5.32 Å². The molecule has 0 fully saturated rings. The molecule has 0 aromatic heterocycles. The molecule has 0 saturated carbocycles. The summed E-state index contributed by atoms with van der Waals surface area (Å²) in [6, 6.07) is 6.08. The van der Waals surface area contributed by atoms with Crippen LogP contribution in [-0.4, -0.2) is 25.7 Å². The van der Waals surface area contributed by atoms with E-state index in [1.54, 1.807) is 18.2 Å². The summed E-state index contributed by atoms with van der Waals surface area (Å²) < 4.78 is 18.0. The highest BCUT2D eigenvalue weighted by atomic mass is 19.1. The van der Waals surface area contributed by atoms with Gasteiger partial charge < -0.3 is 10.1 Å². The Morgan fingerprint density at radius 1 is 1.50 bits per heavy atom. The fraction of sp³-hybridized carbons (Fsp3) is 0.357. The third-order valence-electron chi connectivity index (χ3n) is 2.24. The first-order chi connectivity index (χ1) is 8.72. The Labute approximate surface area is 107 Å². The van der Waals surface area contributed by atoms with Crippen LogP contribution in [0.25, 0.3) is 6.08 Å². The number of hydrogen-bond acceptors (Lipinski definition) is 2. The predicted octanol–water partition coefficient (Wildman–Crippen LogP) is 2.38. The van der Waals surface area contributed by atoms with Crippen molar-refractivity contribution in [3.05, 3.63) is 41.7 Å². The summed E-state index contributed by atoms with van der Waals surface area (Å²) in [6.45, 7) is 3.84. The summed E-state index contributed by atoms with van der Waals surface area (Å²) in [5.41, 5.74) is 0.666. The summed E-state index contributed by atoms with van der Waals surface area (Å²) >= 11 is 0. The number of halogens is 1. The van der Waals surface area contributed by atoms with Gasteiger partial charge in [-0.3, -0.25) is 4.79 Å². The molecule has 1 rings (SSSR count). The van der Waals surface area contributed by atoms with E-state index >= 15 is 0 Å². The number of ether oxygens (including phenoxy) is 1. The van der Waals surface area contributed by atoms with Crippen molar-refractivity contribution in [1.82, 2.24) is 5.32 Å². The predicted molar refractivity (Wildman–Crippen MR) is 69.6 cm³/mol. The normalized spacial score (nSPS) is 10.8. The van der Waals surface area contributed by atoms with Crippen LogP contribution >= 0.6 is 0 Å². The molecule has 98 valence electrons. The first-order valence-electron chi connectivity index (χ1n) is 6.01. The van der Waals surface area contributed by atoms with Gasteiger partial charge >= 0.3 is 0 Å². The molecule has 0 spiro atoms. The van der Waals surface area contributed by atoms with Crippen LogP contribution < -0.4 is 5.32 Å². The molecule has 3 nitrogen and oxygen atoms in total. The number of rotatable bonds is 7. The topological polar surface area (TPSA) is 38.3 Å². The summed E-state index contributed by atoms with van der Waals surface area (Å²) in [4.78, 5) is 11.4. The monoisotopic (exact) mass is 251 g/mol. The van der Waals surface area contributed by atoms with Crippen molar-refractivity contribution >= 4 is 12.0 Å². The lowest BCUT2D eigenvalue weighted by atomic mass is 10.2. The maximum Gasteiger partial charge on any atom is 0.244 e. The highest BCUT2D eigenvalue weighted by Crippen LogP contribution is 2.04. The van der Waals surface area contributed by atoms with Crippen molar-refractivity contribution in [2.75, 3.05) is 19.8 Å². The van der Waals surface area contributed by atoms with Gasteiger partial charge in [0.15, 0.2) is 0 Å². The Morgan fingerprint density at radius 3 is 3.06 bits per heavy atom. The number of carbonyl (C=O) groups excluding carboxylic acids is 1. The lowest BCUT2D eigenvalue weighted by Crippen LogP contribution is -2.23. The van der Waals surface area contributed by atoms with Crippen molar-refractivity contribution in [1.29, 1.82) is 0 Å². The standard InChI is InChI=1S/C14H18FNO2/c1-2-18-10-4-9-16-14(17)8-7-12-5-3-6-13(15)11-12/h3,5-8,11H,2,4,9-10H2,1H3,(H,16,17)/b8-7+. The van der Waals surface area contributed by atoms with Gasteiger partial charge in [0, 0.05) is 25.8 Å². The number of nitrogens with one attached hydrogen (secondary N) is 1. The van der Waals surface area contributed by atoms with E-state index in [9.17, 15) is 9.18 Å². The molecule has 0 aliphatic heterocycles. The molecule has 0 saturated heterocycles. The van der Waals surface area contributed by atoms with Crippen LogP contribution in [-0.2, 0) is 9.53 Å². The second-order valence-corrected chi connectivity index (χ2v) is 3.73. The van der Waals surface area contributed by atoms with Gasteiger partial charge in [0.2, 0.25) is 5.91 Å². The van der Waals surface area contributed by atoms with Crippen molar-refractivity contribution < 1.29 is 13.9 Å². The van der Waals surface area contributed by atoms with Crippen LogP contribution in [0, 0.1) is 5.82 Å². The summed E-state index contributed by atoms with van der Waals surface area (Å²) in [7, 11) is 0. The molecule has 0 aliphatic carbocycles. The van der Waals surface area contributed by atoms with Gasteiger partial charge in [-0.05, 0) is 37.1 Å². The average molecular weight is 251 g/mol. The van der Waals surface area contributed by atoms with Crippen molar-refractivity contribution in [2.24, 2.45) is 0 Å².